The van der Waals surface area contributed by atoms with Gasteiger partial charge in [-0.2, -0.15) is 0 Å². The number of ether oxygens (including phenoxy) is 1. The molecule has 0 fully saturated rings. The number of nitrogens with zero attached hydrogens (tertiary/aromatic N) is 2. The van der Waals surface area contributed by atoms with Crippen LogP contribution in [0.4, 0.5) is 5.82 Å². The van der Waals surface area contributed by atoms with Gasteiger partial charge in [-0.05, 0) is 19.1 Å². The highest BCUT2D eigenvalue weighted by Crippen LogP contribution is 2.06. The fourth-order valence-corrected chi connectivity index (χ4v) is 1.14. The molecule has 0 saturated carbocycles. The van der Waals surface area contributed by atoms with Crippen LogP contribution in [0, 0.1) is 0 Å². The molecule has 1 N–H and O–H groups in total. The fraction of sp³-hybridized carbons (Fsp3) is 0.400. The van der Waals surface area contributed by atoms with E-state index in [1.165, 1.54) is 12.1 Å². The van der Waals surface area contributed by atoms with E-state index in [1.54, 1.807) is 6.92 Å². The molecule has 0 bridgehead atoms. The second-order valence-electron chi connectivity index (χ2n) is 3.09. The molecule has 7 heteroatoms. The SMILES string of the molecule is CCOC(=O)CCC(=O)Nc1ccc(Cl)nn1. The van der Waals surface area contributed by atoms with E-state index in [2.05, 4.69) is 15.5 Å². The van der Waals surface area contributed by atoms with E-state index in [0.29, 0.717) is 12.4 Å². The zero-order chi connectivity index (χ0) is 12.7. The standard InChI is InChI=1S/C10H12ClN3O3/c1-2-17-10(16)6-5-9(15)12-8-4-3-7(11)13-14-8/h3-4H,2,5-6H2,1H3,(H,12,14,15). The lowest BCUT2D eigenvalue weighted by molar-refractivity contribution is -0.144. The largest absolute Gasteiger partial charge is 0.466 e. The summed E-state index contributed by atoms with van der Waals surface area (Å²) in [6.45, 7) is 2.02. The van der Waals surface area contributed by atoms with Crippen molar-refractivity contribution in [2.75, 3.05) is 11.9 Å². The van der Waals surface area contributed by atoms with Gasteiger partial charge in [0.2, 0.25) is 5.91 Å². The highest BCUT2D eigenvalue weighted by Gasteiger charge is 2.08. The number of carbonyl (C=O) groups excluding carboxylic acids is 2. The molecule has 0 atom stereocenters. The zero-order valence-corrected chi connectivity index (χ0v) is 10.0. The molecular weight excluding hydrogens is 246 g/mol. The molecule has 1 aromatic heterocycles. The van der Waals surface area contributed by atoms with Crippen LogP contribution in [-0.4, -0.2) is 28.7 Å². The van der Waals surface area contributed by atoms with Crippen LogP contribution >= 0.6 is 11.6 Å². The molecule has 0 unspecified atom stereocenters. The van der Waals surface area contributed by atoms with Gasteiger partial charge in [0.1, 0.15) is 0 Å². The van der Waals surface area contributed by atoms with Crippen molar-refractivity contribution in [3.8, 4) is 0 Å². The Balaban J connectivity index is 2.34. The average Bonchev–Trinajstić information content (AvgIpc) is 2.30. The van der Waals surface area contributed by atoms with Crippen molar-refractivity contribution < 1.29 is 14.3 Å². The first-order chi connectivity index (χ1) is 8.11. The summed E-state index contributed by atoms with van der Waals surface area (Å²) in [6.07, 6.45) is 0.0871. The van der Waals surface area contributed by atoms with Crippen molar-refractivity contribution in [3.05, 3.63) is 17.3 Å². The monoisotopic (exact) mass is 257 g/mol. The van der Waals surface area contributed by atoms with Gasteiger partial charge in [-0.3, -0.25) is 9.59 Å². The summed E-state index contributed by atoms with van der Waals surface area (Å²) in [5.74, 6) is -0.428. The summed E-state index contributed by atoms with van der Waals surface area (Å²) in [7, 11) is 0. The van der Waals surface area contributed by atoms with Crippen molar-refractivity contribution in [2.24, 2.45) is 0 Å². The number of rotatable bonds is 5. The lowest BCUT2D eigenvalue weighted by Gasteiger charge is -2.03. The minimum Gasteiger partial charge on any atom is -0.466 e. The van der Waals surface area contributed by atoms with Crippen LogP contribution in [0.2, 0.25) is 5.15 Å². The van der Waals surface area contributed by atoms with E-state index >= 15 is 0 Å². The van der Waals surface area contributed by atoms with Crippen molar-refractivity contribution in [2.45, 2.75) is 19.8 Å². The number of carbonyl (C=O) groups is 2. The molecule has 0 aliphatic carbocycles. The Kier molecular flexibility index (Phi) is 5.35. The number of nitrogens with one attached hydrogen (secondary N) is 1. The van der Waals surface area contributed by atoms with Crippen LogP contribution in [-0.2, 0) is 14.3 Å². The Hall–Kier alpha value is -1.69. The van der Waals surface area contributed by atoms with Crippen LogP contribution in [0.5, 0.6) is 0 Å². The molecule has 17 heavy (non-hydrogen) atoms. The van der Waals surface area contributed by atoms with Gasteiger partial charge in [0.05, 0.1) is 13.0 Å². The van der Waals surface area contributed by atoms with Gasteiger partial charge >= 0.3 is 5.97 Å². The third kappa shape index (κ3) is 5.26. The lowest BCUT2D eigenvalue weighted by Crippen LogP contribution is -2.15. The Morgan fingerprint density at radius 2 is 2.12 bits per heavy atom. The molecule has 6 nitrogen and oxygen atoms in total. The minimum absolute atomic E-state index is 0.0424. The number of hydrogen-bond acceptors (Lipinski definition) is 5. The molecule has 0 aliphatic heterocycles. The number of hydrogen-bond donors (Lipinski definition) is 1. The highest BCUT2D eigenvalue weighted by atomic mass is 35.5. The predicted octanol–water partition coefficient (Wildman–Crippen LogP) is 1.41. The van der Waals surface area contributed by atoms with Gasteiger partial charge in [0.25, 0.3) is 0 Å². The van der Waals surface area contributed by atoms with E-state index in [4.69, 9.17) is 16.3 Å². The number of esters is 1. The highest BCUT2D eigenvalue weighted by molar-refractivity contribution is 6.29. The molecule has 92 valence electrons. The van der Waals surface area contributed by atoms with Crippen LogP contribution in [0.15, 0.2) is 12.1 Å². The first-order valence-corrected chi connectivity index (χ1v) is 5.44. The summed E-state index contributed by atoms with van der Waals surface area (Å²) in [5.41, 5.74) is 0. The van der Waals surface area contributed by atoms with Gasteiger partial charge in [-0.1, -0.05) is 11.6 Å². The molecule has 0 aliphatic rings. The van der Waals surface area contributed by atoms with Crippen LogP contribution in [0.25, 0.3) is 0 Å². The maximum atomic E-state index is 11.4. The van der Waals surface area contributed by atoms with Crippen LogP contribution in [0.3, 0.4) is 0 Å². The second-order valence-corrected chi connectivity index (χ2v) is 3.48. The van der Waals surface area contributed by atoms with Gasteiger partial charge in [-0.25, -0.2) is 0 Å². The molecule has 1 heterocycles. The van der Waals surface area contributed by atoms with Gasteiger partial charge < -0.3 is 10.1 Å². The predicted molar refractivity (Wildman–Crippen MR) is 61.5 cm³/mol. The smallest absolute Gasteiger partial charge is 0.306 e. The van der Waals surface area contributed by atoms with Crippen LogP contribution < -0.4 is 5.32 Å². The number of amides is 1. The van der Waals surface area contributed by atoms with Gasteiger partial charge in [0.15, 0.2) is 11.0 Å². The van der Waals surface area contributed by atoms with Crippen molar-refractivity contribution in [1.29, 1.82) is 0 Å². The van der Waals surface area contributed by atoms with Crippen molar-refractivity contribution in [1.82, 2.24) is 10.2 Å². The Bertz CT molecular complexity index is 394. The van der Waals surface area contributed by atoms with Gasteiger partial charge in [-0.15, -0.1) is 10.2 Å². The van der Waals surface area contributed by atoms with Crippen LogP contribution in [0.1, 0.15) is 19.8 Å². The van der Waals surface area contributed by atoms with Gasteiger partial charge in [0, 0.05) is 6.42 Å². The average molecular weight is 258 g/mol. The maximum absolute atomic E-state index is 11.4. The minimum atomic E-state index is -0.398. The molecule has 0 aromatic carbocycles. The Labute approximate surface area is 103 Å². The Morgan fingerprint density at radius 1 is 1.35 bits per heavy atom. The first-order valence-electron chi connectivity index (χ1n) is 5.06. The summed E-state index contributed by atoms with van der Waals surface area (Å²) < 4.78 is 4.69. The molecule has 1 amide bonds. The maximum Gasteiger partial charge on any atom is 0.306 e. The Morgan fingerprint density at radius 3 is 2.71 bits per heavy atom. The second kappa shape index (κ2) is 6.80. The normalized spacial score (nSPS) is 9.76. The van der Waals surface area contributed by atoms with E-state index in [1.807, 2.05) is 0 Å². The zero-order valence-electron chi connectivity index (χ0n) is 9.27. The van der Waals surface area contributed by atoms with Crippen molar-refractivity contribution >= 4 is 29.3 Å². The van der Waals surface area contributed by atoms with E-state index < -0.39 is 5.97 Å². The molecule has 1 rings (SSSR count). The number of anilines is 1. The van der Waals surface area contributed by atoms with E-state index in [9.17, 15) is 9.59 Å². The fourth-order valence-electron chi connectivity index (χ4n) is 1.04. The number of aromatic nitrogens is 2. The summed E-state index contributed by atoms with van der Waals surface area (Å²) in [6, 6.07) is 3.03. The third-order valence-electron chi connectivity index (χ3n) is 1.76. The molecule has 0 saturated heterocycles. The molecule has 1 aromatic rings. The molecular formula is C10H12ClN3O3. The third-order valence-corrected chi connectivity index (χ3v) is 1.96. The van der Waals surface area contributed by atoms with E-state index in [-0.39, 0.29) is 23.9 Å². The van der Waals surface area contributed by atoms with E-state index in [0.717, 1.165) is 0 Å². The summed E-state index contributed by atoms with van der Waals surface area (Å²) in [5, 5.41) is 9.95. The molecule has 0 radical (unpaired) electrons. The summed E-state index contributed by atoms with van der Waals surface area (Å²) >= 11 is 5.54. The number of halogens is 1. The molecule has 0 spiro atoms. The first kappa shape index (κ1) is 13.4. The summed E-state index contributed by atoms with van der Waals surface area (Å²) in [4.78, 5) is 22.4. The van der Waals surface area contributed by atoms with Crippen molar-refractivity contribution in [3.63, 3.8) is 0 Å². The topological polar surface area (TPSA) is 81.2 Å². The quantitative estimate of drug-likeness (QED) is 0.807. The lowest BCUT2D eigenvalue weighted by atomic mass is 10.3.